The number of hydrogen-bond donors (Lipinski definition) is 1. The lowest BCUT2D eigenvalue weighted by molar-refractivity contribution is 0.487. The molecule has 0 bridgehead atoms. The maximum atomic E-state index is 6.13. The molecule has 0 saturated carbocycles. The molecule has 0 fully saturated rings. The van der Waals surface area contributed by atoms with E-state index in [9.17, 15) is 0 Å². The van der Waals surface area contributed by atoms with Gasteiger partial charge in [-0.25, -0.2) is 0 Å². The minimum Gasteiger partial charge on any atom is -0.457 e. The molecule has 0 radical (unpaired) electrons. The van der Waals surface area contributed by atoms with Crippen molar-refractivity contribution in [2.45, 2.75) is 13.3 Å². The molecular weight excluding hydrogens is 284 g/mol. The van der Waals surface area contributed by atoms with Crippen molar-refractivity contribution in [3.63, 3.8) is 0 Å². The quantitative estimate of drug-likeness (QED) is 0.705. The lowest BCUT2D eigenvalue weighted by atomic mass is 10.1. The van der Waals surface area contributed by atoms with Crippen LogP contribution in [0.3, 0.4) is 0 Å². The van der Waals surface area contributed by atoms with Gasteiger partial charge in [0.1, 0.15) is 11.5 Å². The standard InChI is InChI=1S/C17H15ClN2O/c1-2-11-9-12(3-4-15(11)18)21-17-6-5-16(19)13-7-8-20-10-14(13)17/h3-10H,2,19H2,1H3. The molecule has 106 valence electrons. The second kappa shape index (κ2) is 5.62. The van der Waals surface area contributed by atoms with Crippen LogP contribution in [0.1, 0.15) is 12.5 Å². The number of halogens is 1. The van der Waals surface area contributed by atoms with Crippen molar-refractivity contribution >= 4 is 28.1 Å². The van der Waals surface area contributed by atoms with E-state index >= 15 is 0 Å². The van der Waals surface area contributed by atoms with E-state index in [1.165, 1.54) is 0 Å². The van der Waals surface area contributed by atoms with E-state index in [0.29, 0.717) is 5.69 Å². The molecule has 0 amide bonds. The van der Waals surface area contributed by atoms with Crippen LogP contribution in [-0.2, 0) is 6.42 Å². The summed E-state index contributed by atoms with van der Waals surface area (Å²) in [6, 6.07) is 11.3. The highest BCUT2D eigenvalue weighted by molar-refractivity contribution is 6.31. The highest BCUT2D eigenvalue weighted by Gasteiger charge is 2.07. The Bertz CT molecular complexity index is 802. The highest BCUT2D eigenvalue weighted by Crippen LogP contribution is 2.33. The maximum absolute atomic E-state index is 6.13. The molecule has 3 nitrogen and oxygen atoms in total. The number of nitrogens with zero attached hydrogens (tertiary/aromatic N) is 1. The molecule has 0 saturated heterocycles. The molecule has 3 aromatic rings. The van der Waals surface area contributed by atoms with Crippen LogP contribution in [0, 0.1) is 0 Å². The summed E-state index contributed by atoms with van der Waals surface area (Å²) in [5, 5.41) is 2.59. The molecule has 0 aliphatic heterocycles. The zero-order valence-corrected chi connectivity index (χ0v) is 12.4. The zero-order chi connectivity index (χ0) is 14.8. The minimum absolute atomic E-state index is 0.713. The summed E-state index contributed by atoms with van der Waals surface area (Å²) in [5.74, 6) is 1.49. The average Bonchev–Trinajstić information content (AvgIpc) is 2.52. The van der Waals surface area contributed by atoms with E-state index in [2.05, 4.69) is 11.9 Å². The Hall–Kier alpha value is -2.26. The van der Waals surface area contributed by atoms with Crippen molar-refractivity contribution in [1.29, 1.82) is 0 Å². The predicted molar refractivity (Wildman–Crippen MR) is 87.1 cm³/mol. The molecule has 1 heterocycles. The normalized spacial score (nSPS) is 10.8. The number of ether oxygens (including phenoxy) is 1. The van der Waals surface area contributed by atoms with Crippen LogP contribution >= 0.6 is 11.6 Å². The monoisotopic (exact) mass is 298 g/mol. The van der Waals surface area contributed by atoms with Crippen molar-refractivity contribution in [1.82, 2.24) is 4.98 Å². The van der Waals surface area contributed by atoms with Gasteiger partial charge < -0.3 is 10.5 Å². The second-order valence-corrected chi connectivity index (χ2v) is 5.19. The number of fused-ring (bicyclic) bond motifs is 1. The molecule has 4 heteroatoms. The number of hydrogen-bond acceptors (Lipinski definition) is 3. The third-order valence-corrected chi connectivity index (χ3v) is 3.81. The van der Waals surface area contributed by atoms with Crippen LogP contribution in [-0.4, -0.2) is 4.98 Å². The minimum atomic E-state index is 0.713. The fourth-order valence-corrected chi connectivity index (χ4v) is 2.54. The van der Waals surface area contributed by atoms with Crippen LogP contribution < -0.4 is 10.5 Å². The molecule has 2 N–H and O–H groups in total. The van der Waals surface area contributed by atoms with Gasteiger partial charge in [-0.3, -0.25) is 4.98 Å². The summed E-state index contributed by atoms with van der Waals surface area (Å²) in [7, 11) is 0. The smallest absolute Gasteiger partial charge is 0.136 e. The first-order chi connectivity index (χ1) is 10.2. The first kappa shape index (κ1) is 13.7. The van der Waals surface area contributed by atoms with E-state index in [1.54, 1.807) is 12.4 Å². The fourth-order valence-electron chi connectivity index (χ4n) is 2.29. The molecule has 1 aromatic heterocycles. The first-order valence-electron chi connectivity index (χ1n) is 6.77. The topological polar surface area (TPSA) is 48.1 Å². The number of anilines is 1. The molecule has 2 aromatic carbocycles. The van der Waals surface area contributed by atoms with Crippen molar-refractivity contribution < 1.29 is 4.74 Å². The van der Waals surface area contributed by atoms with Gasteiger partial charge >= 0.3 is 0 Å². The van der Waals surface area contributed by atoms with Gasteiger partial charge in [-0.05, 0) is 48.4 Å². The summed E-state index contributed by atoms with van der Waals surface area (Å²) >= 11 is 6.13. The molecule has 0 unspecified atom stereocenters. The van der Waals surface area contributed by atoms with E-state index in [1.807, 2.05) is 36.4 Å². The Morgan fingerprint density at radius 3 is 2.81 bits per heavy atom. The van der Waals surface area contributed by atoms with E-state index in [0.717, 1.165) is 39.3 Å². The average molecular weight is 299 g/mol. The molecule has 0 aliphatic rings. The van der Waals surface area contributed by atoms with Gasteiger partial charge in [0.2, 0.25) is 0 Å². The second-order valence-electron chi connectivity index (χ2n) is 4.78. The third-order valence-electron chi connectivity index (χ3n) is 3.44. The van der Waals surface area contributed by atoms with Crippen molar-refractivity contribution in [3.8, 4) is 11.5 Å². The van der Waals surface area contributed by atoms with Crippen LogP contribution in [0.25, 0.3) is 10.8 Å². The van der Waals surface area contributed by atoms with Gasteiger partial charge in [-0.2, -0.15) is 0 Å². The van der Waals surface area contributed by atoms with Crippen LogP contribution in [0.15, 0.2) is 48.8 Å². The Labute approximate surface area is 128 Å². The van der Waals surface area contributed by atoms with E-state index < -0.39 is 0 Å². The first-order valence-corrected chi connectivity index (χ1v) is 7.15. The molecule has 0 aliphatic carbocycles. The van der Waals surface area contributed by atoms with Gasteiger partial charge in [0.05, 0.1) is 0 Å². The molecule has 0 spiro atoms. The number of benzene rings is 2. The number of rotatable bonds is 3. The molecule has 0 atom stereocenters. The van der Waals surface area contributed by atoms with Crippen molar-refractivity contribution in [3.05, 3.63) is 59.4 Å². The number of nitrogen functional groups attached to an aromatic ring is 1. The zero-order valence-electron chi connectivity index (χ0n) is 11.6. The Morgan fingerprint density at radius 1 is 1.14 bits per heavy atom. The third kappa shape index (κ3) is 2.65. The number of aromatic nitrogens is 1. The van der Waals surface area contributed by atoms with Gasteiger partial charge in [-0.15, -0.1) is 0 Å². The van der Waals surface area contributed by atoms with E-state index in [-0.39, 0.29) is 0 Å². The highest BCUT2D eigenvalue weighted by atomic mass is 35.5. The summed E-state index contributed by atoms with van der Waals surface area (Å²) in [4.78, 5) is 4.15. The Morgan fingerprint density at radius 2 is 2.00 bits per heavy atom. The summed E-state index contributed by atoms with van der Waals surface area (Å²) in [6.07, 6.45) is 4.34. The van der Waals surface area contributed by atoms with Gasteiger partial charge in [0, 0.05) is 33.9 Å². The molecule has 21 heavy (non-hydrogen) atoms. The lowest BCUT2D eigenvalue weighted by Gasteiger charge is -2.11. The lowest BCUT2D eigenvalue weighted by Crippen LogP contribution is -1.92. The Balaban J connectivity index is 2.04. The number of pyridine rings is 1. The van der Waals surface area contributed by atoms with E-state index in [4.69, 9.17) is 22.1 Å². The fraction of sp³-hybridized carbons (Fsp3) is 0.118. The van der Waals surface area contributed by atoms with Gasteiger partial charge in [0.15, 0.2) is 0 Å². The van der Waals surface area contributed by atoms with Crippen LogP contribution in [0.2, 0.25) is 5.02 Å². The predicted octanol–water partition coefficient (Wildman–Crippen LogP) is 4.83. The SMILES string of the molecule is CCc1cc(Oc2ccc(N)c3ccncc23)ccc1Cl. The molecule has 3 rings (SSSR count). The van der Waals surface area contributed by atoms with Crippen LogP contribution in [0.4, 0.5) is 5.69 Å². The number of aryl methyl sites for hydroxylation is 1. The summed E-state index contributed by atoms with van der Waals surface area (Å²) in [6.45, 7) is 2.06. The largest absolute Gasteiger partial charge is 0.457 e. The Kier molecular flexibility index (Phi) is 3.67. The van der Waals surface area contributed by atoms with Crippen LogP contribution in [0.5, 0.6) is 11.5 Å². The molecular formula is C17H15ClN2O. The summed E-state index contributed by atoms with van der Waals surface area (Å²) < 4.78 is 5.99. The summed E-state index contributed by atoms with van der Waals surface area (Å²) in [5.41, 5.74) is 7.76. The van der Waals surface area contributed by atoms with Gasteiger partial charge in [-0.1, -0.05) is 18.5 Å². The maximum Gasteiger partial charge on any atom is 0.136 e. The van der Waals surface area contributed by atoms with Crippen molar-refractivity contribution in [2.75, 3.05) is 5.73 Å². The van der Waals surface area contributed by atoms with Gasteiger partial charge in [0.25, 0.3) is 0 Å². The van der Waals surface area contributed by atoms with Crippen molar-refractivity contribution in [2.24, 2.45) is 0 Å². The number of nitrogens with two attached hydrogens (primary N) is 1.